The first-order valence-electron chi connectivity index (χ1n) is 10.7. The number of nitrogens with one attached hydrogen (secondary N) is 2. The van der Waals surface area contributed by atoms with Gasteiger partial charge in [0.15, 0.2) is 5.96 Å². The van der Waals surface area contributed by atoms with E-state index in [9.17, 15) is 4.79 Å². The zero-order valence-electron chi connectivity index (χ0n) is 17.3. The molecule has 0 unspecified atom stereocenters. The number of hydrogen-bond donors (Lipinski definition) is 2. The standard InChI is InChI=1S/C20H39N5O.HI/c1-3-21-20(23-14-17-24(2)18-10-6-7-11-18)22-13-9-16-25-15-8-4-5-12-19(25)26;/h18H,3-17H2,1-2H3,(H2,21,22,23);1H. The van der Waals surface area contributed by atoms with Crippen molar-refractivity contribution < 1.29 is 4.79 Å². The van der Waals surface area contributed by atoms with Gasteiger partial charge in [-0.3, -0.25) is 9.79 Å². The van der Waals surface area contributed by atoms with Crippen LogP contribution in [0.4, 0.5) is 0 Å². The molecule has 0 aromatic rings. The fourth-order valence-electron chi connectivity index (χ4n) is 3.95. The Morgan fingerprint density at radius 1 is 1.19 bits per heavy atom. The fourth-order valence-corrected chi connectivity index (χ4v) is 3.95. The highest BCUT2D eigenvalue weighted by atomic mass is 127. The number of likely N-dealkylation sites (N-methyl/N-ethyl adjacent to an activating group) is 1. The van der Waals surface area contributed by atoms with Crippen LogP contribution >= 0.6 is 24.0 Å². The predicted octanol–water partition coefficient (Wildman–Crippen LogP) is 2.83. The molecule has 0 spiro atoms. The molecule has 2 fully saturated rings. The van der Waals surface area contributed by atoms with Crippen LogP contribution < -0.4 is 10.6 Å². The fraction of sp³-hybridized carbons (Fsp3) is 0.900. The number of carbonyl (C=O) groups is 1. The summed E-state index contributed by atoms with van der Waals surface area (Å²) in [5.41, 5.74) is 0. The van der Waals surface area contributed by atoms with E-state index in [1.165, 1.54) is 32.1 Å². The number of guanidine groups is 1. The largest absolute Gasteiger partial charge is 0.357 e. The van der Waals surface area contributed by atoms with Crippen molar-refractivity contribution in [3.63, 3.8) is 0 Å². The molecule has 0 atom stereocenters. The number of halogens is 1. The van der Waals surface area contributed by atoms with E-state index in [-0.39, 0.29) is 24.0 Å². The molecule has 1 amide bonds. The zero-order valence-corrected chi connectivity index (χ0v) is 19.7. The molecule has 2 rings (SSSR count). The third kappa shape index (κ3) is 9.45. The van der Waals surface area contributed by atoms with Crippen molar-refractivity contribution in [2.45, 2.75) is 70.8 Å². The van der Waals surface area contributed by atoms with Gasteiger partial charge >= 0.3 is 0 Å². The highest BCUT2D eigenvalue weighted by Gasteiger charge is 2.19. The summed E-state index contributed by atoms with van der Waals surface area (Å²) in [6.07, 6.45) is 10.5. The van der Waals surface area contributed by atoms with Crippen molar-refractivity contribution in [3.05, 3.63) is 0 Å². The van der Waals surface area contributed by atoms with Gasteiger partial charge in [-0.2, -0.15) is 0 Å². The van der Waals surface area contributed by atoms with Crippen molar-refractivity contribution >= 4 is 35.8 Å². The van der Waals surface area contributed by atoms with Crippen LogP contribution in [0.1, 0.15) is 64.7 Å². The molecule has 158 valence electrons. The summed E-state index contributed by atoms with van der Waals surface area (Å²) in [6, 6.07) is 0.766. The van der Waals surface area contributed by atoms with Crippen molar-refractivity contribution in [2.24, 2.45) is 4.99 Å². The summed E-state index contributed by atoms with van der Waals surface area (Å²) in [5, 5.41) is 6.77. The number of hydrogen-bond acceptors (Lipinski definition) is 3. The number of rotatable bonds is 9. The van der Waals surface area contributed by atoms with Gasteiger partial charge in [0, 0.05) is 51.7 Å². The highest BCUT2D eigenvalue weighted by molar-refractivity contribution is 14.0. The minimum absolute atomic E-state index is 0. The van der Waals surface area contributed by atoms with Crippen LogP contribution in [0.5, 0.6) is 0 Å². The van der Waals surface area contributed by atoms with Gasteiger partial charge in [-0.05, 0) is 46.1 Å². The highest BCUT2D eigenvalue weighted by Crippen LogP contribution is 2.21. The number of likely N-dealkylation sites (tertiary alicyclic amines) is 1. The Balaban J connectivity index is 0.00000364. The monoisotopic (exact) mass is 493 g/mol. The van der Waals surface area contributed by atoms with Crippen LogP contribution in [-0.2, 0) is 4.79 Å². The third-order valence-corrected chi connectivity index (χ3v) is 5.58. The molecule has 7 heteroatoms. The van der Waals surface area contributed by atoms with Crippen LogP contribution in [0.25, 0.3) is 0 Å². The molecule has 6 nitrogen and oxygen atoms in total. The van der Waals surface area contributed by atoms with Crippen LogP contribution in [0.3, 0.4) is 0 Å². The van der Waals surface area contributed by atoms with Crippen molar-refractivity contribution in [1.29, 1.82) is 0 Å². The first kappa shape index (κ1) is 24.5. The predicted molar refractivity (Wildman–Crippen MR) is 124 cm³/mol. The molecule has 0 radical (unpaired) electrons. The first-order valence-corrected chi connectivity index (χ1v) is 10.7. The Morgan fingerprint density at radius 3 is 2.70 bits per heavy atom. The Kier molecular flexibility index (Phi) is 13.1. The molecule has 0 bridgehead atoms. The van der Waals surface area contributed by atoms with E-state index in [4.69, 9.17) is 0 Å². The van der Waals surface area contributed by atoms with E-state index in [0.29, 0.717) is 5.91 Å². The molecule has 0 aromatic carbocycles. The summed E-state index contributed by atoms with van der Waals surface area (Å²) >= 11 is 0. The second-order valence-corrected chi connectivity index (χ2v) is 7.65. The van der Waals surface area contributed by atoms with Crippen molar-refractivity contribution in [3.8, 4) is 0 Å². The van der Waals surface area contributed by atoms with Crippen LogP contribution in [0.2, 0.25) is 0 Å². The molecule has 2 N–H and O–H groups in total. The van der Waals surface area contributed by atoms with Gasteiger partial charge in [-0.15, -0.1) is 24.0 Å². The van der Waals surface area contributed by atoms with E-state index in [1.54, 1.807) is 0 Å². The molecule has 27 heavy (non-hydrogen) atoms. The summed E-state index contributed by atoms with van der Waals surface area (Å²) < 4.78 is 0. The maximum atomic E-state index is 12.0. The summed E-state index contributed by atoms with van der Waals surface area (Å²) in [5.74, 6) is 1.22. The van der Waals surface area contributed by atoms with E-state index in [0.717, 1.165) is 77.0 Å². The molecule has 1 saturated heterocycles. The Morgan fingerprint density at radius 2 is 1.96 bits per heavy atom. The average molecular weight is 493 g/mol. The lowest BCUT2D eigenvalue weighted by atomic mass is 10.2. The van der Waals surface area contributed by atoms with E-state index in [2.05, 4.69) is 34.5 Å². The smallest absolute Gasteiger partial charge is 0.222 e. The Labute approximate surface area is 182 Å². The molecular formula is C20H40IN5O. The minimum atomic E-state index is 0. The minimum Gasteiger partial charge on any atom is -0.357 e. The molecule has 0 aromatic heterocycles. The Bertz CT molecular complexity index is 440. The van der Waals surface area contributed by atoms with E-state index >= 15 is 0 Å². The summed E-state index contributed by atoms with van der Waals surface area (Å²) in [6.45, 7) is 7.46. The second kappa shape index (κ2) is 14.4. The van der Waals surface area contributed by atoms with Gasteiger partial charge in [0.1, 0.15) is 0 Å². The normalized spacial score (nSPS) is 19.1. The van der Waals surface area contributed by atoms with Gasteiger partial charge in [-0.25, -0.2) is 0 Å². The first-order chi connectivity index (χ1) is 12.7. The lowest BCUT2D eigenvalue weighted by Gasteiger charge is -2.24. The molecule has 1 heterocycles. The van der Waals surface area contributed by atoms with Crippen LogP contribution in [0.15, 0.2) is 4.99 Å². The SMILES string of the molecule is CCNC(=NCCCN1CCCCCC1=O)NCCN(C)C1CCCC1.I. The number of aliphatic imine (C=N–C) groups is 1. The topological polar surface area (TPSA) is 60.0 Å². The van der Waals surface area contributed by atoms with Crippen LogP contribution in [0, 0.1) is 0 Å². The van der Waals surface area contributed by atoms with E-state index in [1.807, 2.05) is 4.90 Å². The molecule has 2 aliphatic rings. The van der Waals surface area contributed by atoms with Crippen molar-refractivity contribution in [1.82, 2.24) is 20.4 Å². The summed E-state index contributed by atoms with van der Waals surface area (Å²) in [7, 11) is 2.24. The maximum Gasteiger partial charge on any atom is 0.222 e. The number of carbonyl (C=O) groups excluding carboxylic acids is 1. The molecule has 1 aliphatic heterocycles. The van der Waals surface area contributed by atoms with Gasteiger partial charge < -0.3 is 20.4 Å². The van der Waals surface area contributed by atoms with Gasteiger partial charge in [0.2, 0.25) is 5.91 Å². The summed E-state index contributed by atoms with van der Waals surface area (Å²) in [4.78, 5) is 21.2. The number of amides is 1. The average Bonchev–Trinajstić information content (AvgIpc) is 3.10. The van der Waals surface area contributed by atoms with E-state index < -0.39 is 0 Å². The molecular weight excluding hydrogens is 453 g/mol. The lowest BCUT2D eigenvalue weighted by Crippen LogP contribution is -2.42. The van der Waals surface area contributed by atoms with Crippen LogP contribution in [-0.4, -0.2) is 74.0 Å². The molecule has 1 aliphatic carbocycles. The maximum absolute atomic E-state index is 12.0. The third-order valence-electron chi connectivity index (χ3n) is 5.58. The second-order valence-electron chi connectivity index (χ2n) is 7.65. The quantitative estimate of drug-likeness (QED) is 0.225. The lowest BCUT2D eigenvalue weighted by molar-refractivity contribution is -0.130. The van der Waals surface area contributed by atoms with Crippen molar-refractivity contribution in [2.75, 3.05) is 46.3 Å². The zero-order chi connectivity index (χ0) is 18.6. The number of nitrogens with zero attached hydrogens (tertiary/aromatic N) is 3. The van der Waals surface area contributed by atoms with Gasteiger partial charge in [0.05, 0.1) is 0 Å². The van der Waals surface area contributed by atoms with Gasteiger partial charge in [0.25, 0.3) is 0 Å². The van der Waals surface area contributed by atoms with Gasteiger partial charge in [-0.1, -0.05) is 19.3 Å². The Hall–Kier alpha value is -0.570. The molecule has 1 saturated carbocycles.